The Morgan fingerprint density at radius 2 is 1.88 bits per heavy atom. The van der Waals surface area contributed by atoms with Crippen molar-refractivity contribution in [3.8, 4) is 0 Å². The summed E-state index contributed by atoms with van der Waals surface area (Å²) in [5, 5.41) is 0. The van der Waals surface area contributed by atoms with E-state index < -0.39 is 11.7 Å². The molecule has 180 valence electrons. The Kier molecular flexibility index (Phi) is 5.03. The second-order valence-electron chi connectivity index (χ2n) is 10.2. The molecule has 0 saturated carbocycles. The highest BCUT2D eigenvalue weighted by Gasteiger charge is 2.45. The number of halogens is 3. The first-order valence-electron chi connectivity index (χ1n) is 11.3. The molecule has 0 bridgehead atoms. The number of imidazole rings is 1. The summed E-state index contributed by atoms with van der Waals surface area (Å²) in [7, 11) is 0. The van der Waals surface area contributed by atoms with Crippen LogP contribution in [0.5, 0.6) is 0 Å². The minimum atomic E-state index is -4.52. The number of nitrogens with zero attached hydrogens (tertiary/aromatic N) is 4. The number of rotatable bonds is 2. The highest BCUT2D eigenvalue weighted by molar-refractivity contribution is 5.96. The van der Waals surface area contributed by atoms with Crippen LogP contribution in [0.1, 0.15) is 59.3 Å². The molecule has 0 aromatic carbocycles. The van der Waals surface area contributed by atoms with Gasteiger partial charge in [-0.2, -0.15) is 13.2 Å². The molecule has 7 nitrogen and oxygen atoms in total. The van der Waals surface area contributed by atoms with E-state index in [2.05, 4.69) is 30.7 Å². The zero-order valence-corrected chi connectivity index (χ0v) is 19.2. The monoisotopic (exact) mass is 473 g/mol. The fraction of sp³-hybridized carbons (Fsp3) is 0.458. The normalized spacial score (nSPS) is 20.9. The largest absolute Gasteiger partial charge is 0.417 e. The predicted octanol–water partition coefficient (Wildman–Crippen LogP) is 3.97. The molecule has 2 amide bonds. The number of amides is 2. The molecule has 5 rings (SSSR count). The zero-order chi connectivity index (χ0) is 24.4. The van der Waals surface area contributed by atoms with Gasteiger partial charge < -0.3 is 14.8 Å². The van der Waals surface area contributed by atoms with Gasteiger partial charge in [0.15, 0.2) is 0 Å². The Hall–Kier alpha value is -3.30. The van der Waals surface area contributed by atoms with Crippen LogP contribution in [0.3, 0.4) is 0 Å². The Morgan fingerprint density at radius 3 is 2.56 bits per heavy atom. The van der Waals surface area contributed by atoms with Crippen molar-refractivity contribution in [2.75, 3.05) is 19.6 Å². The topological polar surface area (TPSA) is 73.7 Å². The molecule has 2 saturated heterocycles. The molecule has 3 aromatic heterocycles. The van der Waals surface area contributed by atoms with E-state index in [0.717, 1.165) is 24.4 Å². The van der Waals surface area contributed by atoms with Crippen molar-refractivity contribution < 1.29 is 22.8 Å². The first-order valence-corrected chi connectivity index (χ1v) is 11.3. The minimum Gasteiger partial charge on any atom is -0.364 e. The Labute approximate surface area is 194 Å². The first-order chi connectivity index (χ1) is 15.9. The predicted molar refractivity (Wildman–Crippen MR) is 119 cm³/mol. The van der Waals surface area contributed by atoms with Gasteiger partial charge in [-0.25, -0.2) is 4.98 Å². The molecule has 1 N–H and O–H groups in total. The van der Waals surface area contributed by atoms with Gasteiger partial charge >= 0.3 is 6.18 Å². The average molecular weight is 473 g/mol. The van der Waals surface area contributed by atoms with Gasteiger partial charge in [-0.15, -0.1) is 0 Å². The third kappa shape index (κ3) is 3.74. The molecule has 5 heterocycles. The molecule has 2 aliphatic rings. The number of hydrogen-bond donors (Lipinski definition) is 1. The van der Waals surface area contributed by atoms with Crippen LogP contribution in [-0.2, 0) is 11.6 Å². The van der Waals surface area contributed by atoms with Crippen molar-refractivity contribution in [3.63, 3.8) is 0 Å². The average Bonchev–Trinajstić information content (AvgIpc) is 3.53. The number of likely N-dealkylation sites (tertiary alicyclic amines) is 2. The minimum absolute atomic E-state index is 0.0850. The van der Waals surface area contributed by atoms with Crippen LogP contribution < -0.4 is 0 Å². The highest BCUT2D eigenvalue weighted by Crippen LogP contribution is 2.34. The number of carbonyl (C=O) groups is 2. The van der Waals surface area contributed by atoms with Crippen molar-refractivity contribution in [1.29, 1.82) is 0 Å². The number of hydrogen-bond acceptors (Lipinski definition) is 3. The van der Waals surface area contributed by atoms with Crippen LogP contribution in [0.2, 0.25) is 0 Å². The van der Waals surface area contributed by atoms with Crippen LogP contribution in [0.4, 0.5) is 13.2 Å². The van der Waals surface area contributed by atoms with Crippen LogP contribution >= 0.6 is 0 Å². The lowest BCUT2D eigenvalue weighted by Crippen LogP contribution is -2.41. The van der Waals surface area contributed by atoms with Crippen molar-refractivity contribution >= 4 is 17.5 Å². The van der Waals surface area contributed by atoms with E-state index in [1.165, 1.54) is 16.7 Å². The summed E-state index contributed by atoms with van der Waals surface area (Å²) in [4.78, 5) is 37.2. The van der Waals surface area contributed by atoms with Crippen molar-refractivity contribution in [1.82, 2.24) is 24.2 Å². The third-order valence-corrected chi connectivity index (χ3v) is 6.89. The Morgan fingerprint density at radius 1 is 1.12 bits per heavy atom. The molecule has 0 unspecified atom stereocenters. The summed E-state index contributed by atoms with van der Waals surface area (Å²) < 4.78 is 40.8. The number of aromatic nitrogens is 3. The lowest BCUT2D eigenvalue weighted by atomic mass is 9.92. The second-order valence-corrected chi connectivity index (χ2v) is 10.2. The zero-order valence-electron chi connectivity index (χ0n) is 19.2. The van der Waals surface area contributed by atoms with Crippen LogP contribution in [0, 0.1) is 5.92 Å². The lowest BCUT2D eigenvalue weighted by Gasteiger charge is -2.25. The van der Waals surface area contributed by atoms with Gasteiger partial charge in [0.25, 0.3) is 11.8 Å². The molecular formula is C24H26F3N5O2. The lowest BCUT2D eigenvalue weighted by molar-refractivity contribution is -0.137. The number of nitrogens with one attached hydrogen (secondary N) is 1. The molecule has 0 aliphatic carbocycles. The number of fused-ring (bicyclic) bond motifs is 2. The summed E-state index contributed by atoms with van der Waals surface area (Å²) in [6.07, 6.45) is 0.166. The van der Waals surface area contributed by atoms with E-state index in [1.807, 2.05) is 6.07 Å². The Balaban J connectivity index is 1.36. The van der Waals surface area contributed by atoms with Crippen LogP contribution in [-0.4, -0.2) is 61.7 Å². The van der Waals surface area contributed by atoms with Gasteiger partial charge in [0.05, 0.1) is 23.4 Å². The SMILES string of the molecule is CC(C)(C)c1cc(C(=O)N2C[C@@H]3CCN(C(=O)c4cnc5ccc(C(F)(F)F)cn45)[C@@H]3C2)c[nH]1. The number of H-pyrrole nitrogens is 1. The molecule has 10 heteroatoms. The quantitative estimate of drug-likeness (QED) is 0.612. The molecule has 3 aromatic rings. The maximum atomic E-state index is 13.4. The molecule has 0 radical (unpaired) electrons. The fourth-order valence-electron chi connectivity index (χ4n) is 4.97. The van der Waals surface area contributed by atoms with Gasteiger partial charge in [-0.05, 0) is 24.6 Å². The van der Waals surface area contributed by atoms with Gasteiger partial charge in [0.1, 0.15) is 11.3 Å². The summed E-state index contributed by atoms with van der Waals surface area (Å²) >= 11 is 0. The number of pyridine rings is 1. The van der Waals surface area contributed by atoms with Crippen molar-refractivity contribution in [3.05, 3.63) is 59.3 Å². The highest BCUT2D eigenvalue weighted by atomic mass is 19.4. The maximum Gasteiger partial charge on any atom is 0.417 e. The van der Waals surface area contributed by atoms with E-state index in [0.29, 0.717) is 25.2 Å². The number of alkyl halides is 3. The summed E-state index contributed by atoms with van der Waals surface area (Å²) in [6, 6.07) is 3.91. The molecule has 2 aliphatic heterocycles. The van der Waals surface area contributed by atoms with Gasteiger partial charge in [0.2, 0.25) is 0 Å². The maximum absolute atomic E-state index is 13.4. The molecule has 2 fully saturated rings. The van der Waals surface area contributed by atoms with Gasteiger partial charge in [-0.1, -0.05) is 20.8 Å². The summed E-state index contributed by atoms with van der Waals surface area (Å²) in [6.45, 7) is 7.64. The van der Waals surface area contributed by atoms with Crippen LogP contribution in [0.15, 0.2) is 36.8 Å². The van der Waals surface area contributed by atoms with E-state index in [1.54, 1.807) is 16.0 Å². The van der Waals surface area contributed by atoms with Crippen molar-refractivity contribution in [2.24, 2.45) is 5.92 Å². The number of carbonyl (C=O) groups excluding carboxylic acids is 2. The first kappa shape index (κ1) is 22.5. The summed E-state index contributed by atoms with van der Waals surface area (Å²) in [5.41, 5.74) is 0.972. The van der Waals surface area contributed by atoms with Crippen LogP contribution in [0.25, 0.3) is 5.65 Å². The number of aromatic amines is 1. The van der Waals surface area contributed by atoms with Gasteiger partial charge in [-0.3, -0.25) is 14.0 Å². The molecule has 34 heavy (non-hydrogen) atoms. The van der Waals surface area contributed by atoms with Crippen molar-refractivity contribution in [2.45, 2.75) is 44.8 Å². The van der Waals surface area contributed by atoms with E-state index >= 15 is 0 Å². The summed E-state index contributed by atoms with van der Waals surface area (Å²) in [5.74, 6) is -0.317. The smallest absolute Gasteiger partial charge is 0.364 e. The third-order valence-electron chi connectivity index (χ3n) is 6.89. The van der Waals surface area contributed by atoms with Gasteiger partial charge in [0, 0.05) is 49.1 Å². The van der Waals surface area contributed by atoms with E-state index in [4.69, 9.17) is 0 Å². The van der Waals surface area contributed by atoms with E-state index in [-0.39, 0.29) is 40.5 Å². The Bertz CT molecular complexity index is 1270. The fourth-order valence-corrected chi connectivity index (χ4v) is 4.97. The standard InChI is InChI=1S/C24H26F3N5O2/c1-23(2,3)19-8-15(9-28-19)21(33)30-11-14-6-7-31(18(14)13-30)22(34)17-10-29-20-5-4-16(12-32(17)20)24(25,26)27/h4-5,8-10,12,14,18,28H,6-7,11,13H2,1-3H3/t14-,18+/m0/s1. The molecular weight excluding hydrogens is 447 g/mol. The second kappa shape index (κ2) is 7.61. The van der Waals surface area contributed by atoms with E-state index in [9.17, 15) is 22.8 Å². The molecule has 0 spiro atoms. The molecule has 2 atom stereocenters.